The summed E-state index contributed by atoms with van der Waals surface area (Å²) in [6, 6.07) is 4.33. The molecule has 2 N–H and O–H groups in total. The fraction of sp³-hybridized carbons (Fsp3) is 0.455. The fourth-order valence-electron chi connectivity index (χ4n) is 1.23. The molecule has 0 heterocycles. The van der Waals surface area contributed by atoms with Crippen molar-refractivity contribution in [3.05, 3.63) is 28.3 Å². The number of hydrogen-bond acceptors (Lipinski definition) is 4. The molecule has 0 amide bonds. The summed E-state index contributed by atoms with van der Waals surface area (Å²) in [4.78, 5) is 10.3. The van der Waals surface area contributed by atoms with E-state index in [4.69, 9.17) is 10.5 Å². The van der Waals surface area contributed by atoms with Gasteiger partial charge in [-0.05, 0) is 6.07 Å². The van der Waals surface area contributed by atoms with Crippen molar-refractivity contribution in [2.75, 3.05) is 40.0 Å². The highest BCUT2D eigenvalue weighted by Crippen LogP contribution is 2.28. The third-order valence-corrected chi connectivity index (χ3v) is 2.20. The van der Waals surface area contributed by atoms with Crippen LogP contribution in [0.2, 0.25) is 0 Å². The fourth-order valence-corrected chi connectivity index (χ4v) is 1.23. The van der Waals surface area contributed by atoms with Crippen LogP contribution in [0.3, 0.4) is 0 Å². The third kappa shape index (κ3) is 4.28. The lowest BCUT2D eigenvalue weighted by atomic mass is 10.2. The first-order chi connectivity index (χ1) is 7.79. The molecule has 0 radical (unpaired) electrons. The Kier molecular flexibility index (Phi) is 3.90. The van der Waals surface area contributed by atoms with E-state index in [9.17, 15) is 10.1 Å². The molecule has 0 bridgehead atoms. The number of rotatable bonds is 5. The third-order valence-electron chi connectivity index (χ3n) is 2.20. The zero-order valence-corrected chi connectivity index (χ0v) is 10.3. The number of ether oxygens (including phenoxy) is 1. The largest absolute Gasteiger partial charge is 0.481 e. The predicted molar refractivity (Wildman–Crippen MR) is 65.9 cm³/mol. The Morgan fingerprint density at radius 3 is 2.59 bits per heavy atom. The first kappa shape index (κ1) is 13.2. The smallest absolute Gasteiger partial charge is 0.311 e. The molecule has 0 saturated heterocycles. The highest BCUT2D eigenvalue weighted by molar-refractivity contribution is 5.55. The summed E-state index contributed by atoms with van der Waals surface area (Å²) in [5, 5.41) is 10.8. The zero-order valence-electron chi connectivity index (χ0n) is 10.3. The Labute approximate surface area is 100 Å². The van der Waals surface area contributed by atoms with Crippen LogP contribution in [0.15, 0.2) is 18.2 Å². The number of nitrogens with zero attached hydrogens (tertiary/aromatic N) is 2. The normalized spacial score (nSPS) is 11.2. The van der Waals surface area contributed by atoms with E-state index in [0.717, 1.165) is 11.0 Å². The van der Waals surface area contributed by atoms with Crippen LogP contribution in [0.1, 0.15) is 0 Å². The second kappa shape index (κ2) is 5.01. The van der Waals surface area contributed by atoms with Gasteiger partial charge < -0.3 is 15.0 Å². The number of quaternary nitrogens is 1. The van der Waals surface area contributed by atoms with E-state index in [1.807, 2.05) is 21.1 Å². The number of hydrogen-bond donors (Lipinski definition) is 1. The van der Waals surface area contributed by atoms with Gasteiger partial charge >= 0.3 is 5.69 Å². The van der Waals surface area contributed by atoms with Gasteiger partial charge in [0.05, 0.1) is 26.1 Å². The lowest BCUT2D eigenvalue weighted by molar-refractivity contribution is -0.870. The summed E-state index contributed by atoms with van der Waals surface area (Å²) >= 11 is 0. The first-order valence-corrected chi connectivity index (χ1v) is 5.27. The first-order valence-electron chi connectivity index (χ1n) is 5.27. The minimum absolute atomic E-state index is 0.0550. The molecule has 0 fully saturated rings. The Balaban J connectivity index is 2.75. The summed E-state index contributed by atoms with van der Waals surface area (Å²) in [7, 11) is 6.07. The van der Waals surface area contributed by atoms with Gasteiger partial charge in [-0.15, -0.1) is 0 Å². The SMILES string of the molecule is C[N+](C)(C)CCOc1cc(N)ccc1[N+](=O)[O-]. The molecule has 0 aromatic heterocycles. The van der Waals surface area contributed by atoms with E-state index in [1.54, 1.807) is 0 Å². The molecule has 0 saturated carbocycles. The van der Waals surface area contributed by atoms with E-state index in [0.29, 0.717) is 12.3 Å². The maximum atomic E-state index is 10.8. The molecule has 94 valence electrons. The number of nitrogens with two attached hydrogens (primary N) is 1. The molecule has 1 rings (SSSR count). The number of nitro benzene ring substituents is 1. The van der Waals surface area contributed by atoms with Crippen LogP contribution >= 0.6 is 0 Å². The van der Waals surface area contributed by atoms with Crippen molar-refractivity contribution in [2.24, 2.45) is 0 Å². The van der Waals surface area contributed by atoms with Crippen LogP contribution in [0.5, 0.6) is 5.75 Å². The van der Waals surface area contributed by atoms with E-state index < -0.39 is 4.92 Å². The van der Waals surface area contributed by atoms with Gasteiger partial charge in [-0.2, -0.15) is 0 Å². The molecule has 0 aliphatic heterocycles. The van der Waals surface area contributed by atoms with Crippen LogP contribution in [0.25, 0.3) is 0 Å². The summed E-state index contributed by atoms with van der Waals surface area (Å²) in [5.74, 6) is 0.225. The highest BCUT2D eigenvalue weighted by atomic mass is 16.6. The number of nitro groups is 1. The van der Waals surface area contributed by atoms with Crippen LogP contribution < -0.4 is 10.5 Å². The molecule has 0 atom stereocenters. The predicted octanol–water partition coefficient (Wildman–Crippen LogP) is 1.26. The molecule has 0 unspecified atom stereocenters. The van der Waals surface area contributed by atoms with Gasteiger partial charge in [0.15, 0.2) is 5.75 Å². The maximum absolute atomic E-state index is 10.8. The average Bonchev–Trinajstić information content (AvgIpc) is 2.15. The Hall–Kier alpha value is -1.82. The molecule has 1 aromatic rings. The summed E-state index contributed by atoms with van der Waals surface area (Å²) < 4.78 is 6.15. The van der Waals surface area contributed by atoms with Crippen molar-refractivity contribution in [2.45, 2.75) is 0 Å². The molecule has 0 spiro atoms. The molecular weight excluding hydrogens is 222 g/mol. The van der Waals surface area contributed by atoms with E-state index in [1.165, 1.54) is 18.2 Å². The van der Waals surface area contributed by atoms with Crippen molar-refractivity contribution in [3.8, 4) is 5.75 Å². The van der Waals surface area contributed by atoms with Crippen molar-refractivity contribution < 1.29 is 14.1 Å². The number of anilines is 1. The van der Waals surface area contributed by atoms with E-state index in [-0.39, 0.29) is 11.4 Å². The van der Waals surface area contributed by atoms with E-state index in [2.05, 4.69) is 0 Å². The van der Waals surface area contributed by atoms with Crippen molar-refractivity contribution >= 4 is 11.4 Å². The standard InChI is InChI=1S/C11H18N3O3/c1-14(2,3)6-7-17-11-8-9(12)4-5-10(11)13(15)16/h4-5,8H,6-7,12H2,1-3H3/q+1. The lowest BCUT2D eigenvalue weighted by Crippen LogP contribution is -2.38. The van der Waals surface area contributed by atoms with Crippen molar-refractivity contribution in [1.29, 1.82) is 0 Å². The molecular formula is C11H18N3O3+. The van der Waals surface area contributed by atoms with Gasteiger partial charge in [0.1, 0.15) is 13.2 Å². The van der Waals surface area contributed by atoms with Gasteiger partial charge in [-0.1, -0.05) is 0 Å². The molecule has 6 heteroatoms. The molecule has 1 aromatic carbocycles. The maximum Gasteiger partial charge on any atom is 0.311 e. The lowest BCUT2D eigenvalue weighted by Gasteiger charge is -2.23. The highest BCUT2D eigenvalue weighted by Gasteiger charge is 2.16. The summed E-state index contributed by atoms with van der Waals surface area (Å²) in [5.41, 5.74) is 5.98. The minimum Gasteiger partial charge on any atom is -0.481 e. The van der Waals surface area contributed by atoms with Gasteiger partial charge in [0.2, 0.25) is 0 Å². The molecule has 0 aliphatic rings. The average molecular weight is 240 g/mol. The number of nitrogen functional groups attached to an aromatic ring is 1. The van der Waals surface area contributed by atoms with Crippen LogP contribution in [-0.2, 0) is 0 Å². The topological polar surface area (TPSA) is 78.4 Å². The van der Waals surface area contributed by atoms with Crippen molar-refractivity contribution in [1.82, 2.24) is 0 Å². The molecule has 6 nitrogen and oxygen atoms in total. The van der Waals surface area contributed by atoms with Crippen LogP contribution in [-0.4, -0.2) is 43.7 Å². The Morgan fingerprint density at radius 2 is 2.06 bits per heavy atom. The van der Waals surface area contributed by atoms with Crippen LogP contribution in [0.4, 0.5) is 11.4 Å². The quantitative estimate of drug-likeness (QED) is 0.364. The van der Waals surface area contributed by atoms with Gasteiger partial charge in [-0.3, -0.25) is 10.1 Å². The van der Waals surface area contributed by atoms with Gasteiger partial charge in [0, 0.05) is 17.8 Å². The van der Waals surface area contributed by atoms with Crippen LogP contribution in [0, 0.1) is 10.1 Å². The summed E-state index contributed by atoms with van der Waals surface area (Å²) in [6.07, 6.45) is 0. The summed E-state index contributed by atoms with van der Waals surface area (Å²) in [6.45, 7) is 1.17. The second-order valence-corrected chi connectivity index (χ2v) is 4.85. The minimum atomic E-state index is -0.472. The number of likely N-dealkylation sites (N-methyl/N-ethyl adjacent to an activating group) is 1. The monoisotopic (exact) mass is 240 g/mol. The number of benzene rings is 1. The second-order valence-electron chi connectivity index (χ2n) is 4.85. The van der Waals surface area contributed by atoms with Gasteiger partial charge in [0.25, 0.3) is 0 Å². The van der Waals surface area contributed by atoms with Gasteiger partial charge in [-0.25, -0.2) is 0 Å². The Morgan fingerprint density at radius 1 is 1.41 bits per heavy atom. The molecule has 17 heavy (non-hydrogen) atoms. The Bertz CT molecular complexity index is 413. The van der Waals surface area contributed by atoms with E-state index >= 15 is 0 Å². The molecule has 0 aliphatic carbocycles. The van der Waals surface area contributed by atoms with Crippen molar-refractivity contribution in [3.63, 3.8) is 0 Å². The zero-order chi connectivity index (χ0) is 13.1.